The van der Waals surface area contributed by atoms with Crippen molar-refractivity contribution in [1.29, 1.82) is 0 Å². The lowest BCUT2D eigenvalue weighted by atomic mass is 9.99. The third-order valence-electron chi connectivity index (χ3n) is 2.57. The van der Waals surface area contributed by atoms with E-state index in [1.165, 1.54) is 18.2 Å². The fourth-order valence-corrected chi connectivity index (χ4v) is 1.18. The summed E-state index contributed by atoms with van der Waals surface area (Å²) >= 11 is 0. The highest BCUT2D eigenvalue weighted by Gasteiger charge is 2.25. The largest absolute Gasteiger partial charge is 0.435 e. The van der Waals surface area contributed by atoms with Crippen molar-refractivity contribution in [1.82, 2.24) is 0 Å². The van der Waals surface area contributed by atoms with Gasteiger partial charge in [-0.05, 0) is 25.5 Å². The molecular formula is C12H16F2N2O2. The number of benzene rings is 1. The molecule has 0 saturated carbocycles. The molecular weight excluding hydrogens is 242 g/mol. The highest BCUT2D eigenvalue weighted by Crippen LogP contribution is 2.20. The lowest BCUT2D eigenvalue weighted by molar-refractivity contribution is -0.120. The Kier molecular flexibility index (Phi) is 4.61. The molecule has 1 rings (SSSR count). The van der Waals surface area contributed by atoms with Crippen LogP contribution in [0.1, 0.15) is 20.3 Å². The van der Waals surface area contributed by atoms with Gasteiger partial charge in [0.05, 0.1) is 5.54 Å². The van der Waals surface area contributed by atoms with Gasteiger partial charge in [0.1, 0.15) is 5.75 Å². The van der Waals surface area contributed by atoms with E-state index in [1.807, 2.05) is 0 Å². The van der Waals surface area contributed by atoms with E-state index in [-0.39, 0.29) is 11.7 Å². The van der Waals surface area contributed by atoms with Crippen molar-refractivity contribution >= 4 is 11.6 Å². The first-order valence-electron chi connectivity index (χ1n) is 5.50. The molecule has 0 aliphatic carbocycles. The van der Waals surface area contributed by atoms with Crippen LogP contribution in [0.15, 0.2) is 24.3 Å². The molecule has 0 bridgehead atoms. The normalized spacial score (nSPS) is 14.1. The predicted molar refractivity (Wildman–Crippen MR) is 64.6 cm³/mol. The molecule has 0 spiro atoms. The van der Waals surface area contributed by atoms with Gasteiger partial charge in [0.25, 0.3) is 0 Å². The van der Waals surface area contributed by atoms with Crippen LogP contribution in [-0.4, -0.2) is 18.1 Å². The maximum atomic E-state index is 12.0. The monoisotopic (exact) mass is 258 g/mol. The number of nitrogens with two attached hydrogens (primary N) is 1. The van der Waals surface area contributed by atoms with Crippen molar-refractivity contribution in [2.45, 2.75) is 32.4 Å². The molecule has 6 heteroatoms. The summed E-state index contributed by atoms with van der Waals surface area (Å²) in [5, 5.41) is 2.56. The van der Waals surface area contributed by atoms with Gasteiger partial charge in [-0.2, -0.15) is 8.78 Å². The van der Waals surface area contributed by atoms with E-state index < -0.39 is 12.2 Å². The van der Waals surface area contributed by atoms with Gasteiger partial charge in [0.2, 0.25) is 5.91 Å². The van der Waals surface area contributed by atoms with E-state index in [4.69, 9.17) is 5.73 Å². The second-order valence-electron chi connectivity index (χ2n) is 4.13. The number of amides is 1. The van der Waals surface area contributed by atoms with Gasteiger partial charge in [-0.3, -0.25) is 4.79 Å². The van der Waals surface area contributed by atoms with Gasteiger partial charge >= 0.3 is 6.61 Å². The molecule has 0 aliphatic heterocycles. The number of ether oxygens (including phenoxy) is 1. The van der Waals surface area contributed by atoms with Gasteiger partial charge in [-0.25, -0.2) is 0 Å². The van der Waals surface area contributed by atoms with Crippen LogP contribution >= 0.6 is 0 Å². The molecule has 0 fully saturated rings. The van der Waals surface area contributed by atoms with Crippen molar-refractivity contribution in [3.63, 3.8) is 0 Å². The SMILES string of the molecule is CCC(C)(N)C(=O)Nc1cccc(OC(F)F)c1. The average molecular weight is 258 g/mol. The van der Waals surface area contributed by atoms with E-state index in [9.17, 15) is 13.6 Å². The Balaban J connectivity index is 2.76. The number of halogens is 2. The molecule has 0 aromatic heterocycles. The van der Waals surface area contributed by atoms with E-state index in [0.717, 1.165) is 0 Å². The standard InChI is InChI=1S/C12H16F2N2O2/c1-3-12(2,15)10(17)16-8-5-4-6-9(7-8)18-11(13)14/h4-7,11H,3,15H2,1-2H3,(H,16,17). The molecule has 0 radical (unpaired) electrons. The van der Waals surface area contributed by atoms with Crippen LogP contribution in [0.5, 0.6) is 5.75 Å². The third-order valence-corrected chi connectivity index (χ3v) is 2.57. The quantitative estimate of drug-likeness (QED) is 0.852. The third kappa shape index (κ3) is 3.96. The van der Waals surface area contributed by atoms with Crippen LogP contribution in [0.25, 0.3) is 0 Å². The first kappa shape index (κ1) is 14.4. The van der Waals surface area contributed by atoms with Crippen molar-refractivity contribution in [2.24, 2.45) is 5.73 Å². The van der Waals surface area contributed by atoms with E-state index in [1.54, 1.807) is 19.9 Å². The van der Waals surface area contributed by atoms with Crippen molar-refractivity contribution < 1.29 is 18.3 Å². The molecule has 3 N–H and O–H groups in total. The Hall–Kier alpha value is -1.69. The molecule has 4 nitrogen and oxygen atoms in total. The Labute approximate surface area is 104 Å². The summed E-state index contributed by atoms with van der Waals surface area (Å²) in [6.45, 7) is 0.490. The van der Waals surface area contributed by atoms with Crippen LogP contribution in [0.3, 0.4) is 0 Å². The number of nitrogens with one attached hydrogen (secondary N) is 1. The first-order chi connectivity index (χ1) is 8.35. The van der Waals surface area contributed by atoms with E-state index in [2.05, 4.69) is 10.1 Å². The number of hydrogen-bond donors (Lipinski definition) is 2. The summed E-state index contributed by atoms with van der Waals surface area (Å²) in [4.78, 5) is 11.8. The number of carbonyl (C=O) groups is 1. The minimum atomic E-state index is -2.90. The molecule has 100 valence electrons. The van der Waals surface area contributed by atoms with Gasteiger partial charge in [-0.15, -0.1) is 0 Å². The lowest BCUT2D eigenvalue weighted by Crippen LogP contribution is -2.47. The van der Waals surface area contributed by atoms with Crippen molar-refractivity contribution in [3.05, 3.63) is 24.3 Å². The summed E-state index contributed by atoms with van der Waals surface area (Å²) in [5.41, 5.74) is 5.13. The summed E-state index contributed by atoms with van der Waals surface area (Å²) in [7, 11) is 0. The van der Waals surface area contributed by atoms with Crippen molar-refractivity contribution in [2.75, 3.05) is 5.32 Å². The zero-order valence-corrected chi connectivity index (χ0v) is 10.2. The molecule has 1 aromatic rings. The number of hydrogen-bond acceptors (Lipinski definition) is 3. The first-order valence-corrected chi connectivity index (χ1v) is 5.50. The fraction of sp³-hybridized carbons (Fsp3) is 0.417. The number of anilines is 1. The smallest absolute Gasteiger partial charge is 0.387 e. The second kappa shape index (κ2) is 5.77. The molecule has 18 heavy (non-hydrogen) atoms. The van der Waals surface area contributed by atoms with Crippen LogP contribution < -0.4 is 15.8 Å². The number of alkyl halides is 2. The van der Waals surface area contributed by atoms with Crippen molar-refractivity contribution in [3.8, 4) is 5.75 Å². The number of carbonyl (C=O) groups excluding carboxylic acids is 1. The minimum absolute atomic E-state index is 0.0157. The van der Waals surface area contributed by atoms with Crippen LogP contribution in [-0.2, 0) is 4.79 Å². The highest BCUT2D eigenvalue weighted by molar-refractivity contribution is 5.97. The topological polar surface area (TPSA) is 64.4 Å². The molecule has 1 aromatic carbocycles. The Morgan fingerprint density at radius 1 is 1.56 bits per heavy atom. The Morgan fingerprint density at radius 2 is 2.22 bits per heavy atom. The van der Waals surface area contributed by atoms with Crippen LogP contribution in [0.2, 0.25) is 0 Å². The highest BCUT2D eigenvalue weighted by atomic mass is 19.3. The van der Waals surface area contributed by atoms with Gasteiger partial charge in [0, 0.05) is 11.8 Å². The predicted octanol–water partition coefficient (Wildman–Crippen LogP) is 2.35. The molecule has 1 atom stereocenters. The van der Waals surface area contributed by atoms with Gasteiger partial charge in [-0.1, -0.05) is 13.0 Å². The summed E-state index contributed by atoms with van der Waals surface area (Å²) in [5.74, 6) is -0.391. The Morgan fingerprint density at radius 3 is 2.78 bits per heavy atom. The fourth-order valence-electron chi connectivity index (χ4n) is 1.18. The van der Waals surface area contributed by atoms with E-state index >= 15 is 0 Å². The van der Waals surface area contributed by atoms with Gasteiger partial charge < -0.3 is 15.8 Å². The van der Waals surface area contributed by atoms with Gasteiger partial charge in [0.15, 0.2) is 0 Å². The lowest BCUT2D eigenvalue weighted by Gasteiger charge is -2.21. The zero-order chi connectivity index (χ0) is 13.8. The summed E-state index contributed by atoms with van der Waals surface area (Å²) in [6, 6.07) is 5.77. The summed E-state index contributed by atoms with van der Waals surface area (Å²) < 4.78 is 28.3. The second-order valence-corrected chi connectivity index (χ2v) is 4.13. The molecule has 0 heterocycles. The molecule has 0 aliphatic rings. The summed E-state index contributed by atoms with van der Waals surface area (Å²) in [6.07, 6.45) is 0.464. The average Bonchev–Trinajstić information content (AvgIpc) is 2.28. The zero-order valence-electron chi connectivity index (χ0n) is 10.2. The Bertz CT molecular complexity index is 422. The maximum Gasteiger partial charge on any atom is 0.387 e. The maximum absolute atomic E-state index is 12.0. The van der Waals surface area contributed by atoms with Crippen LogP contribution in [0, 0.1) is 0 Å². The molecule has 1 unspecified atom stereocenters. The number of rotatable bonds is 5. The van der Waals surface area contributed by atoms with E-state index in [0.29, 0.717) is 12.1 Å². The molecule has 1 amide bonds. The minimum Gasteiger partial charge on any atom is -0.435 e. The van der Waals surface area contributed by atoms with Crippen LogP contribution in [0.4, 0.5) is 14.5 Å². The molecule has 0 saturated heterocycles.